The molecule has 0 aliphatic carbocycles. The first-order valence-corrected chi connectivity index (χ1v) is 11.7. The summed E-state index contributed by atoms with van der Waals surface area (Å²) in [5.74, 6) is 0.380. The molecule has 0 N–H and O–H groups in total. The Labute approximate surface area is 203 Å². The first kappa shape index (κ1) is 27.2. The van der Waals surface area contributed by atoms with Crippen molar-refractivity contribution in [2.24, 2.45) is 10.8 Å². The molecule has 0 aliphatic heterocycles. The maximum Gasteiger partial charge on any atom is 0.314 e. The molecule has 0 aliphatic rings. The molecule has 0 saturated carbocycles. The van der Waals surface area contributed by atoms with Crippen LogP contribution in [-0.2, 0) is 25.5 Å². The number of ether oxygens (including phenoxy) is 4. The summed E-state index contributed by atoms with van der Waals surface area (Å²) in [5.41, 5.74) is 2.42. The van der Waals surface area contributed by atoms with Gasteiger partial charge >= 0.3 is 11.9 Å². The van der Waals surface area contributed by atoms with Crippen molar-refractivity contribution in [1.29, 1.82) is 0 Å². The highest BCUT2D eigenvalue weighted by Crippen LogP contribution is 2.40. The second kappa shape index (κ2) is 11.4. The molecule has 2 aromatic carbocycles. The summed E-state index contributed by atoms with van der Waals surface area (Å²) in [4.78, 5) is 24.4. The summed E-state index contributed by atoms with van der Waals surface area (Å²) in [6.45, 7) is 14.4. The molecule has 0 spiro atoms. The monoisotopic (exact) mass is 470 g/mol. The van der Waals surface area contributed by atoms with Gasteiger partial charge in [0.1, 0.15) is 11.5 Å². The van der Waals surface area contributed by atoms with Gasteiger partial charge in [0.25, 0.3) is 0 Å². The number of aryl methyl sites for hydroxylation is 2. The largest absolute Gasteiger partial charge is 0.457 e. The highest BCUT2D eigenvalue weighted by atomic mass is 16.7. The van der Waals surface area contributed by atoms with E-state index in [1.165, 1.54) is 0 Å². The first-order valence-electron chi connectivity index (χ1n) is 11.7. The lowest BCUT2D eigenvalue weighted by atomic mass is 9.97. The number of carbonyl (C=O) groups excluding carboxylic acids is 2. The minimum Gasteiger partial charge on any atom is -0.457 e. The Hall–Kier alpha value is -3.02. The van der Waals surface area contributed by atoms with Gasteiger partial charge in [-0.25, -0.2) is 0 Å². The second-order valence-electron chi connectivity index (χ2n) is 10.5. The molecular weight excluding hydrogens is 432 g/mol. The van der Waals surface area contributed by atoms with Crippen molar-refractivity contribution in [3.05, 3.63) is 47.5 Å². The molecule has 0 saturated heterocycles. The second-order valence-corrected chi connectivity index (χ2v) is 10.5. The molecule has 0 heterocycles. The zero-order valence-electron chi connectivity index (χ0n) is 21.7. The summed E-state index contributed by atoms with van der Waals surface area (Å²) in [7, 11) is 0. The Kier molecular flexibility index (Phi) is 9.14. The van der Waals surface area contributed by atoms with Gasteiger partial charge in [-0.15, -0.1) is 0 Å². The number of esters is 2. The fourth-order valence-electron chi connectivity index (χ4n) is 3.12. The molecule has 6 heteroatoms. The van der Waals surface area contributed by atoms with Crippen LogP contribution in [-0.4, -0.2) is 25.5 Å². The third kappa shape index (κ3) is 7.79. The lowest BCUT2D eigenvalue weighted by molar-refractivity contribution is -0.160. The molecular formula is C28H38O6. The van der Waals surface area contributed by atoms with E-state index in [1.54, 1.807) is 41.5 Å². The molecule has 0 bridgehead atoms. The van der Waals surface area contributed by atoms with Crippen LogP contribution < -0.4 is 9.47 Å². The average Bonchev–Trinajstić information content (AvgIpc) is 2.72. The van der Waals surface area contributed by atoms with Crippen molar-refractivity contribution >= 4 is 11.9 Å². The molecule has 2 aromatic rings. The average molecular weight is 471 g/mol. The van der Waals surface area contributed by atoms with Crippen LogP contribution in [0.1, 0.15) is 66.0 Å². The molecule has 0 atom stereocenters. The van der Waals surface area contributed by atoms with Crippen LogP contribution in [0.3, 0.4) is 0 Å². The molecule has 186 valence electrons. The third-order valence-electron chi connectivity index (χ3n) is 5.00. The topological polar surface area (TPSA) is 71.1 Å². The Morgan fingerprint density at radius 3 is 1.71 bits per heavy atom. The Morgan fingerprint density at radius 1 is 0.794 bits per heavy atom. The summed E-state index contributed by atoms with van der Waals surface area (Å²) in [6.07, 6.45) is 1.74. The molecule has 6 nitrogen and oxygen atoms in total. The number of hydrogen-bond acceptors (Lipinski definition) is 6. The van der Waals surface area contributed by atoms with Crippen LogP contribution in [0.15, 0.2) is 36.4 Å². The van der Waals surface area contributed by atoms with Crippen LogP contribution in [0.25, 0.3) is 11.1 Å². The summed E-state index contributed by atoms with van der Waals surface area (Å²) in [5, 5.41) is 0. The Morgan fingerprint density at radius 2 is 1.29 bits per heavy atom. The van der Waals surface area contributed by atoms with Crippen molar-refractivity contribution in [2.75, 3.05) is 13.6 Å². The SMILES string of the molecule is CCCc1cc(OCOC(=O)C(C)(C)C)c(-c2cccc(C)c2)c(OCOC(=O)C(C)(C)C)c1. The van der Waals surface area contributed by atoms with Gasteiger partial charge < -0.3 is 18.9 Å². The lowest BCUT2D eigenvalue weighted by Crippen LogP contribution is -2.25. The molecule has 0 aromatic heterocycles. The van der Waals surface area contributed by atoms with E-state index in [0.29, 0.717) is 17.1 Å². The minimum atomic E-state index is -0.627. The van der Waals surface area contributed by atoms with E-state index in [9.17, 15) is 9.59 Å². The maximum atomic E-state index is 12.2. The van der Waals surface area contributed by atoms with Crippen LogP contribution in [0.2, 0.25) is 0 Å². The van der Waals surface area contributed by atoms with E-state index in [4.69, 9.17) is 18.9 Å². The molecule has 34 heavy (non-hydrogen) atoms. The number of carbonyl (C=O) groups is 2. The zero-order chi connectivity index (χ0) is 25.5. The van der Waals surface area contributed by atoms with E-state index >= 15 is 0 Å². The van der Waals surface area contributed by atoms with Gasteiger partial charge in [-0.1, -0.05) is 43.2 Å². The molecule has 0 unspecified atom stereocenters. The van der Waals surface area contributed by atoms with Gasteiger partial charge in [-0.2, -0.15) is 0 Å². The number of hydrogen-bond donors (Lipinski definition) is 0. The smallest absolute Gasteiger partial charge is 0.314 e. The van der Waals surface area contributed by atoms with Gasteiger partial charge in [-0.3, -0.25) is 9.59 Å². The highest BCUT2D eigenvalue weighted by Gasteiger charge is 2.25. The molecule has 2 rings (SSSR count). The number of benzene rings is 2. The summed E-state index contributed by atoms with van der Waals surface area (Å²) >= 11 is 0. The van der Waals surface area contributed by atoms with E-state index in [1.807, 2.05) is 43.3 Å². The van der Waals surface area contributed by atoms with Gasteiger partial charge in [-0.05, 0) is 78.1 Å². The van der Waals surface area contributed by atoms with Crippen LogP contribution in [0.4, 0.5) is 0 Å². The van der Waals surface area contributed by atoms with Crippen LogP contribution >= 0.6 is 0 Å². The maximum absolute atomic E-state index is 12.2. The van der Waals surface area contributed by atoms with Crippen LogP contribution in [0, 0.1) is 17.8 Å². The summed E-state index contributed by atoms with van der Waals surface area (Å²) in [6, 6.07) is 11.8. The third-order valence-corrected chi connectivity index (χ3v) is 5.00. The van der Waals surface area contributed by atoms with Crippen molar-refractivity contribution in [1.82, 2.24) is 0 Å². The number of rotatable bonds is 9. The Balaban J connectivity index is 2.42. The molecule has 0 fully saturated rings. The first-order chi connectivity index (χ1) is 15.8. The predicted octanol–water partition coefficient (Wildman–Crippen LogP) is 6.47. The van der Waals surface area contributed by atoms with Gasteiger partial charge in [0.2, 0.25) is 13.6 Å². The van der Waals surface area contributed by atoms with Gasteiger partial charge in [0.15, 0.2) is 0 Å². The fourth-order valence-corrected chi connectivity index (χ4v) is 3.12. The fraction of sp³-hybridized carbons (Fsp3) is 0.500. The summed E-state index contributed by atoms with van der Waals surface area (Å²) < 4.78 is 22.6. The highest BCUT2D eigenvalue weighted by molar-refractivity contribution is 5.78. The van der Waals surface area contributed by atoms with E-state index in [2.05, 4.69) is 6.92 Å². The quantitative estimate of drug-likeness (QED) is 0.309. The van der Waals surface area contributed by atoms with Crippen molar-refractivity contribution in [3.63, 3.8) is 0 Å². The van der Waals surface area contributed by atoms with E-state index in [-0.39, 0.29) is 25.5 Å². The van der Waals surface area contributed by atoms with Crippen molar-refractivity contribution in [2.45, 2.75) is 68.2 Å². The molecule has 0 radical (unpaired) electrons. The van der Waals surface area contributed by atoms with Crippen molar-refractivity contribution in [3.8, 4) is 22.6 Å². The zero-order valence-corrected chi connectivity index (χ0v) is 21.7. The normalized spacial score (nSPS) is 11.6. The standard InChI is InChI=1S/C28H38O6/c1-9-11-20-15-22(31-17-33-25(29)27(3,4)5)24(21-13-10-12-19(2)14-21)23(16-20)32-18-34-26(30)28(6,7)8/h10,12-16H,9,11,17-18H2,1-8H3. The van der Waals surface area contributed by atoms with Gasteiger partial charge in [0, 0.05) is 0 Å². The van der Waals surface area contributed by atoms with Gasteiger partial charge in [0.05, 0.1) is 16.4 Å². The lowest BCUT2D eigenvalue weighted by Gasteiger charge is -2.21. The predicted molar refractivity (Wildman–Crippen MR) is 133 cm³/mol. The minimum absolute atomic E-state index is 0.219. The van der Waals surface area contributed by atoms with Crippen LogP contribution in [0.5, 0.6) is 11.5 Å². The Bertz CT molecular complexity index is 942. The molecule has 0 amide bonds. The van der Waals surface area contributed by atoms with Crippen molar-refractivity contribution < 1.29 is 28.5 Å². The van der Waals surface area contributed by atoms with E-state index in [0.717, 1.165) is 29.5 Å². The van der Waals surface area contributed by atoms with E-state index < -0.39 is 10.8 Å².